The summed E-state index contributed by atoms with van der Waals surface area (Å²) in [6, 6.07) is 14.5. The number of aromatic amines is 1. The number of H-pyrrole nitrogens is 1. The van der Waals surface area contributed by atoms with Gasteiger partial charge in [-0.25, -0.2) is 9.97 Å². The van der Waals surface area contributed by atoms with E-state index in [1.54, 1.807) is 47.8 Å². The van der Waals surface area contributed by atoms with E-state index in [9.17, 15) is 9.59 Å². The second-order valence-corrected chi connectivity index (χ2v) is 6.37. The molecule has 0 aliphatic heterocycles. The third kappa shape index (κ3) is 3.42. The fourth-order valence-electron chi connectivity index (χ4n) is 3.09. The molecule has 7 heteroatoms. The highest BCUT2D eigenvalue weighted by Crippen LogP contribution is 2.13. The molecule has 0 atom stereocenters. The normalized spacial score (nSPS) is 10.9. The van der Waals surface area contributed by atoms with E-state index in [-0.39, 0.29) is 18.0 Å². The van der Waals surface area contributed by atoms with Gasteiger partial charge in [0.15, 0.2) is 0 Å². The molecule has 0 spiro atoms. The Labute approximate surface area is 161 Å². The highest BCUT2D eigenvalue weighted by atomic mass is 16.2. The third-order valence-corrected chi connectivity index (χ3v) is 4.59. The molecule has 0 radical (unpaired) electrons. The van der Waals surface area contributed by atoms with Crippen LogP contribution in [0.25, 0.3) is 16.6 Å². The molecule has 7 nitrogen and oxygen atoms in total. The van der Waals surface area contributed by atoms with Crippen LogP contribution in [0.5, 0.6) is 0 Å². The maximum absolute atomic E-state index is 12.9. The largest absolute Gasteiger partial charge is 0.331 e. The molecule has 0 unspecified atom stereocenters. The van der Waals surface area contributed by atoms with E-state index in [1.165, 1.54) is 0 Å². The standard InChI is InChI=1S/C21H19N5O2/c1-2-25(13-19-23-18-6-4-3-5-17(18)20(27)24-19)21(28)15-7-9-16(10-8-15)26-12-11-22-14-26/h3-12,14H,2,13H2,1H3,(H,23,24,27). The van der Waals surface area contributed by atoms with Crippen molar-refractivity contribution in [3.05, 3.63) is 89.0 Å². The lowest BCUT2D eigenvalue weighted by Gasteiger charge is -2.20. The monoisotopic (exact) mass is 373 g/mol. The van der Waals surface area contributed by atoms with Crippen LogP contribution in [0.4, 0.5) is 0 Å². The quantitative estimate of drug-likeness (QED) is 0.583. The van der Waals surface area contributed by atoms with Crippen molar-refractivity contribution >= 4 is 16.8 Å². The molecule has 0 saturated carbocycles. The van der Waals surface area contributed by atoms with Gasteiger partial charge in [-0.05, 0) is 43.3 Å². The number of para-hydroxylation sites is 1. The van der Waals surface area contributed by atoms with E-state index in [4.69, 9.17) is 0 Å². The molecular weight excluding hydrogens is 354 g/mol. The molecule has 0 bridgehead atoms. The molecule has 140 valence electrons. The summed E-state index contributed by atoms with van der Waals surface area (Å²) in [5.41, 5.74) is 1.93. The lowest BCUT2D eigenvalue weighted by molar-refractivity contribution is 0.0748. The molecule has 0 fully saturated rings. The minimum Gasteiger partial charge on any atom is -0.331 e. The number of amides is 1. The summed E-state index contributed by atoms with van der Waals surface area (Å²) in [6.45, 7) is 2.63. The summed E-state index contributed by atoms with van der Waals surface area (Å²) in [6.07, 6.45) is 5.25. The first-order valence-corrected chi connectivity index (χ1v) is 9.01. The van der Waals surface area contributed by atoms with Crippen LogP contribution >= 0.6 is 0 Å². The number of benzene rings is 2. The van der Waals surface area contributed by atoms with Crippen molar-refractivity contribution < 1.29 is 4.79 Å². The van der Waals surface area contributed by atoms with Gasteiger partial charge in [0.25, 0.3) is 11.5 Å². The van der Waals surface area contributed by atoms with Crippen LogP contribution in [0.2, 0.25) is 0 Å². The Morgan fingerprint density at radius 3 is 2.64 bits per heavy atom. The lowest BCUT2D eigenvalue weighted by Crippen LogP contribution is -2.32. The highest BCUT2D eigenvalue weighted by Gasteiger charge is 2.16. The Balaban J connectivity index is 1.57. The summed E-state index contributed by atoms with van der Waals surface area (Å²) in [5.74, 6) is 0.351. The van der Waals surface area contributed by atoms with Gasteiger partial charge in [0.05, 0.1) is 23.8 Å². The van der Waals surface area contributed by atoms with Crippen molar-refractivity contribution in [3.63, 3.8) is 0 Å². The second kappa shape index (κ2) is 7.48. The number of aromatic nitrogens is 4. The molecule has 1 N–H and O–H groups in total. The number of nitrogens with zero attached hydrogens (tertiary/aromatic N) is 4. The van der Waals surface area contributed by atoms with Crippen molar-refractivity contribution in [1.82, 2.24) is 24.4 Å². The fraction of sp³-hybridized carbons (Fsp3) is 0.143. The van der Waals surface area contributed by atoms with Crippen LogP contribution in [0.15, 0.2) is 72.0 Å². The van der Waals surface area contributed by atoms with Gasteiger partial charge in [-0.2, -0.15) is 0 Å². The SMILES string of the molecule is CCN(Cc1nc2ccccc2c(=O)[nH]1)C(=O)c1ccc(-n2ccnc2)cc1. The molecule has 0 saturated heterocycles. The highest BCUT2D eigenvalue weighted by molar-refractivity contribution is 5.94. The topological polar surface area (TPSA) is 83.9 Å². The van der Waals surface area contributed by atoms with Gasteiger partial charge in [-0.3, -0.25) is 9.59 Å². The van der Waals surface area contributed by atoms with Gasteiger partial charge < -0.3 is 14.5 Å². The predicted molar refractivity (Wildman–Crippen MR) is 106 cm³/mol. The smallest absolute Gasteiger partial charge is 0.258 e. The summed E-state index contributed by atoms with van der Waals surface area (Å²) >= 11 is 0. The van der Waals surface area contributed by atoms with Crippen molar-refractivity contribution in [1.29, 1.82) is 0 Å². The fourth-order valence-corrected chi connectivity index (χ4v) is 3.09. The Morgan fingerprint density at radius 2 is 1.93 bits per heavy atom. The Hall–Kier alpha value is -3.74. The van der Waals surface area contributed by atoms with E-state index >= 15 is 0 Å². The first kappa shape index (κ1) is 17.7. The lowest BCUT2D eigenvalue weighted by atomic mass is 10.1. The number of nitrogens with one attached hydrogen (secondary N) is 1. The predicted octanol–water partition coefficient (Wildman–Crippen LogP) is 2.77. The van der Waals surface area contributed by atoms with E-state index < -0.39 is 0 Å². The third-order valence-electron chi connectivity index (χ3n) is 4.59. The molecule has 28 heavy (non-hydrogen) atoms. The van der Waals surface area contributed by atoms with Crippen LogP contribution in [-0.2, 0) is 6.54 Å². The van der Waals surface area contributed by atoms with Gasteiger partial charge >= 0.3 is 0 Å². The van der Waals surface area contributed by atoms with Crippen LogP contribution in [0.1, 0.15) is 23.1 Å². The summed E-state index contributed by atoms with van der Waals surface area (Å²) in [4.78, 5) is 38.1. The Kier molecular flexibility index (Phi) is 4.72. The number of rotatable bonds is 5. The zero-order valence-electron chi connectivity index (χ0n) is 15.4. The summed E-state index contributed by atoms with van der Waals surface area (Å²) in [5, 5.41) is 0.538. The van der Waals surface area contributed by atoms with E-state index in [2.05, 4.69) is 15.0 Å². The number of hydrogen-bond donors (Lipinski definition) is 1. The number of imidazole rings is 1. The molecule has 0 aliphatic rings. The van der Waals surface area contributed by atoms with Crippen LogP contribution in [0, 0.1) is 0 Å². The number of fused-ring (bicyclic) bond motifs is 1. The first-order valence-electron chi connectivity index (χ1n) is 9.01. The van der Waals surface area contributed by atoms with Gasteiger partial charge in [-0.1, -0.05) is 12.1 Å². The molecule has 1 amide bonds. The molecule has 4 aromatic rings. The Bertz CT molecular complexity index is 1160. The maximum atomic E-state index is 12.9. The van der Waals surface area contributed by atoms with Gasteiger partial charge in [-0.15, -0.1) is 0 Å². The van der Waals surface area contributed by atoms with Crippen LogP contribution < -0.4 is 5.56 Å². The summed E-state index contributed by atoms with van der Waals surface area (Å²) in [7, 11) is 0. The van der Waals surface area contributed by atoms with Crippen molar-refractivity contribution in [2.75, 3.05) is 6.54 Å². The molecule has 2 aromatic carbocycles. The van der Waals surface area contributed by atoms with Crippen LogP contribution in [-0.4, -0.2) is 36.9 Å². The van der Waals surface area contributed by atoms with Crippen molar-refractivity contribution in [2.45, 2.75) is 13.5 Å². The van der Waals surface area contributed by atoms with Crippen LogP contribution in [0.3, 0.4) is 0 Å². The first-order chi connectivity index (χ1) is 13.7. The zero-order valence-corrected chi connectivity index (χ0v) is 15.4. The molecule has 2 aromatic heterocycles. The minimum atomic E-state index is -0.200. The number of carbonyl (C=O) groups is 1. The zero-order chi connectivity index (χ0) is 19.5. The number of carbonyl (C=O) groups excluding carboxylic acids is 1. The second-order valence-electron chi connectivity index (χ2n) is 6.37. The molecule has 2 heterocycles. The average Bonchev–Trinajstić information content (AvgIpc) is 3.27. The van der Waals surface area contributed by atoms with E-state index in [1.807, 2.05) is 35.9 Å². The summed E-state index contributed by atoms with van der Waals surface area (Å²) < 4.78 is 1.87. The van der Waals surface area contributed by atoms with Crippen molar-refractivity contribution in [2.24, 2.45) is 0 Å². The van der Waals surface area contributed by atoms with Gasteiger partial charge in [0, 0.05) is 30.2 Å². The molecular formula is C21H19N5O2. The average molecular weight is 373 g/mol. The van der Waals surface area contributed by atoms with E-state index in [0.29, 0.717) is 28.8 Å². The maximum Gasteiger partial charge on any atom is 0.258 e. The van der Waals surface area contributed by atoms with Gasteiger partial charge in [0.2, 0.25) is 0 Å². The minimum absolute atomic E-state index is 0.115. The van der Waals surface area contributed by atoms with E-state index in [0.717, 1.165) is 5.69 Å². The Morgan fingerprint density at radius 1 is 1.14 bits per heavy atom. The molecule has 4 rings (SSSR count). The van der Waals surface area contributed by atoms with Gasteiger partial charge in [0.1, 0.15) is 5.82 Å². The molecule has 0 aliphatic carbocycles. The van der Waals surface area contributed by atoms with Crippen molar-refractivity contribution in [3.8, 4) is 5.69 Å². The number of hydrogen-bond acceptors (Lipinski definition) is 4.